The molecular formula is C19H25NO2. The van der Waals surface area contributed by atoms with Crippen LogP contribution in [0.15, 0.2) is 24.3 Å². The summed E-state index contributed by atoms with van der Waals surface area (Å²) >= 11 is 0. The molecule has 2 aromatic rings. The smallest absolute Gasteiger partial charge is 0.202 e. The summed E-state index contributed by atoms with van der Waals surface area (Å²) in [5.41, 5.74) is 5.17. The number of aryl methyl sites for hydroxylation is 3. The van der Waals surface area contributed by atoms with E-state index < -0.39 is 0 Å². The van der Waals surface area contributed by atoms with Gasteiger partial charge >= 0.3 is 0 Å². The maximum Gasteiger partial charge on any atom is 0.202 e. The number of aromatic nitrogens is 1. The Hall–Kier alpha value is -2.03. The summed E-state index contributed by atoms with van der Waals surface area (Å²) in [6, 6.07) is 8.31. The molecule has 1 aromatic carbocycles. The van der Waals surface area contributed by atoms with Crippen molar-refractivity contribution in [3.8, 4) is 5.75 Å². The number of ether oxygens (including phenoxy) is 1. The number of hydrogen-bond acceptors (Lipinski definition) is 2. The fraction of sp³-hybridized carbons (Fsp3) is 0.421. The first-order valence-corrected chi connectivity index (χ1v) is 7.72. The van der Waals surface area contributed by atoms with Crippen LogP contribution in [0, 0.1) is 27.7 Å². The van der Waals surface area contributed by atoms with Crippen molar-refractivity contribution in [3.05, 3.63) is 52.3 Å². The minimum absolute atomic E-state index is 0.0270. The van der Waals surface area contributed by atoms with Crippen molar-refractivity contribution in [3.63, 3.8) is 0 Å². The van der Waals surface area contributed by atoms with Crippen molar-refractivity contribution in [2.45, 2.75) is 47.6 Å². The van der Waals surface area contributed by atoms with Crippen molar-refractivity contribution >= 4 is 5.78 Å². The average Bonchev–Trinajstić information content (AvgIpc) is 2.70. The molecule has 0 fully saturated rings. The van der Waals surface area contributed by atoms with Gasteiger partial charge in [0.15, 0.2) is 6.61 Å². The van der Waals surface area contributed by atoms with Crippen molar-refractivity contribution in [1.29, 1.82) is 0 Å². The Bertz CT molecular complexity index is 675. The number of Topliss-reactive ketones (excluding diaryl/α,β-unsaturated/α-hetero) is 1. The van der Waals surface area contributed by atoms with Crippen LogP contribution in [0.25, 0.3) is 0 Å². The average molecular weight is 299 g/mol. The minimum atomic E-state index is 0.0270. The lowest BCUT2D eigenvalue weighted by atomic mass is 10.1. The Morgan fingerprint density at radius 1 is 1.05 bits per heavy atom. The Morgan fingerprint density at radius 3 is 2.14 bits per heavy atom. The van der Waals surface area contributed by atoms with E-state index in [4.69, 9.17) is 4.74 Å². The largest absolute Gasteiger partial charge is 0.485 e. The first-order chi connectivity index (χ1) is 10.3. The molecule has 22 heavy (non-hydrogen) atoms. The third-order valence-electron chi connectivity index (χ3n) is 3.87. The molecule has 0 aliphatic rings. The van der Waals surface area contributed by atoms with E-state index in [-0.39, 0.29) is 12.4 Å². The fourth-order valence-corrected chi connectivity index (χ4v) is 3.10. The number of ketones is 1. The van der Waals surface area contributed by atoms with E-state index in [1.807, 2.05) is 45.9 Å². The highest BCUT2D eigenvalue weighted by Crippen LogP contribution is 2.21. The van der Waals surface area contributed by atoms with E-state index in [2.05, 4.69) is 24.5 Å². The van der Waals surface area contributed by atoms with Gasteiger partial charge in [0.25, 0.3) is 0 Å². The van der Waals surface area contributed by atoms with Crippen LogP contribution in [0.1, 0.15) is 52.8 Å². The van der Waals surface area contributed by atoms with E-state index in [0.29, 0.717) is 6.04 Å². The van der Waals surface area contributed by atoms with Crippen molar-refractivity contribution in [2.24, 2.45) is 0 Å². The van der Waals surface area contributed by atoms with Gasteiger partial charge in [-0.15, -0.1) is 0 Å². The van der Waals surface area contributed by atoms with Crippen LogP contribution in [0.3, 0.4) is 0 Å². The van der Waals surface area contributed by atoms with Gasteiger partial charge in [0.05, 0.1) is 0 Å². The van der Waals surface area contributed by atoms with Gasteiger partial charge in [-0.1, -0.05) is 6.07 Å². The van der Waals surface area contributed by atoms with Gasteiger partial charge in [-0.05, 0) is 70.9 Å². The Labute approximate surface area is 132 Å². The highest BCUT2D eigenvalue weighted by atomic mass is 16.5. The molecule has 0 amide bonds. The zero-order chi connectivity index (χ0) is 16.4. The van der Waals surface area contributed by atoms with Gasteiger partial charge in [-0.25, -0.2) is 0 Å². The molecule has 3 nitrogen and oxygen atoms in total. The van der Waals surface area contributed by atoms with Gasteiger partial charge in [0, 0.05) is 23.0 Å². The molecule has 0 saturated heterocycles. The molecular weight excluding hydrogens is 274 g/mol. The maximum absolute atomic E-state index is 12.5. The van der Waals surface area contributed by atoms with Crippen LogP contribution in [0.2, 0.25) is 0 Å². The summed E-state index contributed by atoms with van der Waals surface area (Å²) in [5.74, 6) is 0.780. The van der Waals surface area contributed by atoms with Crippen LogP contribution in [0.5, 0.6) is 5.75 Å². The normalized spacial score (nSPS) is 11.0. The predicted octanol–water partition coefficient (Wildman–Crippen LogP) is 4.56. The molecule has 118 valence electrons. The van der Waals surface area contributed by atoms with E-state index in [9.17, 15) is 4.79 Å². The number of benzene rings is 1. The van der Waals surface area contributed by atoms with Crippen molar-refractivity contribution < 1.29 is 9.53 Å². The highest BCUT2D eigenvalue weighted by Gasteiger charge is 2.17. The van der Waals surface area contributed by atoms with Crippen LogP contribution < -0.4 is 4.74 Å². The third kappa shape index (κ3) is 3.41. The van der Waals surface area contributed by atoms with Crippen molar-refractivity contribution in [1.82, 2.24) is 4.57 Å². The van der Waals surface area contributed by atoms with Gasteiger partial charge in [-0.2, -0.15) is 0 Å². The van der Waals surface area contributed by atoms with E-state index in [1.54, 1.807) is 0 Å². The van der Waals surface area contributed by atoms with Gasteiger partial charge in [-0.3, -0.25) is 4.79 Å². The summed E-state index contributed by atoms with van der Waals surface area (Å²) in [4.78, 5) is 12.5. The molecule has 0 unspecified atom stereocenters. The molecule has 3 heteroatoms. The molecule has 2 rings (SSSR count). The first kappa shape index (κ1) is 16.3. The lowest BCUT2D eigenvalue weighted by Crippen LogP contribution is -2.13. The topological polar surface area (TPSA) is 31.2 Å². The Kier molecular flexibility index (Phi) is 4.74. The minimum Gasteiger partial charge on any atom is -0.485 e. The van der Waals surface area contributed by atoms with Crippen LogP contribution >= 0.6 is 0 Å². The molecule has 0 saturated carbocycles. The zero-order valence-corrected chi connectivity index (χ0v) is 14.4. The third-order valence-corrected chi connectivity index (χ3v) is 3.87. The van der Waals surface area contributed by atoms with Crippen molar-refractivity contribution in [2.75, 3.05) is 6.61 Å². The number of carbonyl (C=O) groups excluding carboxylic acids is 1. The lowest BCUT2D eigenvalue weighted by Gasteiger charge is -2.13. The van der Waals surface area contributed by atoms with Gasteiger partial charge in [0.1, 0.15) is 5.75 Å². The standard InChI is InChI=1S/C19H25NO2/c1-12(2)20-15(5)10-18(16(20)6)19(21)11-22-17-8-13(3)7-14(4)9-17/h7-10,12H,11H2,1-6H3. The Morgan fingerprint density at radius 2 is 1.64 bits per heavy atom. The zero-order valence-electron chi connectivity index (χ0n) is 14.4. The first-order valence-electron chi connectivity index (χ1n) is 7.72. The molecule has 0 N–H and O–H groups in total. The van der Waals surface area contributed by atoms with Crippen LogP contribution in [-0.4, -0.2) is 17.0 Å². The predicted molar refractivity (Wildman–Crippen MR) is 90.0 cm³/mol. The van der Waals surface area contributed by atoms with Gasteiger partial charge < -0.3 is 9.30 Å². The molecule has 1 heterocycles. The second-order valence-electron chi connectivity index (χ2n) is 6.28. The van der Waals surface area contributed by atoms with E-state index in [1.165, 1.54) is 0 Å². The summed E-state index contributed by atoms with van der Waals surface area (Å²) < 4.78 is 7.87. The highest BCUT2D eigenvalue weighted by molar-refractivity contribution is 5.98. The maximum atomic E-state index is 12.5. The SMILES string of the molecule is Cc1cc(C)cc(OCC(=O)c2cc(C)n(C(C)C)c2C)c1. The molecule has 0 aliphatic heterocycles. The van der Waals surface area contributed by atoms with E-state index >= 15 is 0 Å². The second kappa shape index (κ2) is 6.39. The number of hydrogen-bond donors (Lipinski definition) is 0. The second-order valence-corrected chi connectivity index (χ2v) is 6.28. The molecule has 0 spiro atoms. The summed E-state index contributed by atoms with van der Waals surface area (Å²) in [5, 5.41) is 0. The number of rotatable bonds is 5. The molecule has 0 atom stereocenters. The Balaban J connectivity index is 2.14. The summed E-state index contributed by atoms with van der Waals surface area (Å²) in [7, 11) is 0. The quantitative estimate of drug-likeness (QED) is 0.758. The summed E-state index contributed by atoms with van der Waals surface area (Å²) in [6.07, 6.45) is 0. The molecule has 0 aliphatic carbocycles. The van der Waals surface area contributed by atoms with Crippen LogP contribution in [0.4, 0.5) is 0 Å². The lowest BCUT2D eigenvalue weighted by molar-refractivity contribution is 0.0920. The fourth-order valence-electron chi connectivity index (χ4n) is 3.10. The number of carbonyl (C=O) groups is 1. The van der Waals surface area contributed by atoms with E-state index in [0.717, 1.165) is 33.8 Å². The monoisotopic (exact) mass is 299 g/mol. The van der Waals surface area contributed by atoms with Gasteiger partial charge in [0.2, 0.25) is 5.78 Å². The molecule has 0 radical (unpaired) electrons. The van der Waals surface area contributed by atoms with Crippen LogP contribution in [-0.2, 0) is 0 Å². The molecule has 0 bridgehead atoms. The summed E-state index contributed by atoms with van der Waals surface area (Å²) in [6.45, 7) is 12.4. The number of nitrogens with zero attached hydrogens (tertiary/aromatic N) is 1. The molecule has 1 aromatic heterocycles.